The van der Waals surface area contributed by atoms with Crippen LogP contribution in [0.15, 0.2) is 39.7 Å². The number of aliphatic hydroxyl groups excluding tert-OH is 1. The Morgan fingerprint density at radius 1 is 1.33 bits per heavy atom. The lowest BCUT2D eigenvalue weighted by Crippen LogP contribution is -2.26. The molecule has 0 amide bonds. The van der Waals surface area contributed by atoms with Crippen LogP contribution in [0.25, 0.3) is 0 Å². The van der Waals surface area contributed by atoms with Crippen LogP contribution in [0.3, 0.4) is 0 Å². The fourth-order valence-electron chi connectivity index (χ4n) is 1.75. The summed E-state index contributed by atoms with van der Waals surface area (Å²) in [6.45, 7) is 0.0373. The van der Waals surface area contributed by atoms with Crippen molar-refractivity contribution in [2.45, 2.75) is 18.0 Å². The SMILES string of the molecule is CN(Cc1ccc(Cl)s1)S(=O)(=O)c1cc(CO)ccc1Br. The molecule has 0 saturated carbocycles. The van der Waals surface area contributed by atoms with Gasteiger partial charge in [-0.05, 0) is 45.8 Å². The van der Waals surface area contributed by atoms with Crippen LogP contribution in [0, 0.1) is 0 Å². The van der Waals surface area contributed by atoms with E-state index >= 15 is 0 Å². The van der Waals surface area contributed by atoms with Gasteiger partial charge in [-0.3, -0.25) is 0 Å². The third kappa shape index (κ3) is 3.85. The van der Waals surface area contributed by atoms with E-state index in [4.69, 9.17) is 16.7 Å². The quantitative estimate of drug-likeness (QED) is 0.821. The molecule has 0 aliphatic heterocycles. The Kier molecular flexibility index (Phi) is 5.45. The van der Waals surface area contributed by atoms with Gasteiger partial charge in [0.2, 0.25) is 10.0 Å². The molecule has 114 valence electrons. The Labute approximate surface area is 141 Å². The molecule has 0 bridgehead atoms. The Morgan fingerprint density at radius 2 is 2.05 bits per heavy atom. The van der Waals surface area contributed by atoms with Crippen molar-refractivity contribution in [2.75, 3.05) is 7.05 Å². The van der Waals surface area contributed by atoms with Crippen LogP contribution in [0.2, 0.25) is 4.34 Å². The summed E-state index contributed by atoms with van der Waals surface area (Å²) in [6, 6.07) is 8.30. The van der Waals surface area contributed by atoms with Crippen LogP contribution < -0.4 is 0 Å². The van der Waals surface area contributed by atoms with Gasteiger partial charge in [-0.15, -0.1) is 11.3 Å². The van der Waals surface area contributed by atoms with E-state index in [-0.39, 0.29) is 18.0 Å². The second kappa shape index (κ2) is 6.76. The van der Waals surface area contributed by atoms with E-state index in [0.29, 0.717) is 14.4 Å². The molecule has 8 heteroatoms. The molecule has 21 heavy (non-hydrogen) atoms. The highest BCUT2D eigenvalue weighted by Gasteiger charge is 2.24. The van der Waals surface area contributed by atoms with Crippen LogP contribution in [0.1, 0.15) is 10.4 Å². The number of hydrogen-bond acceptors (Lipinski definition) is 4. The largest absolute Gasteiger partial charge is 0.392 e. The number of aliphatic hydroxyl groups is 1. The van der Waals surface area contributed by atoms with Crippen molar-refractivity contribution in [1.29, 1.82) is 0 Å². The average molecular weight is 411 g/mol. The van der Waals surface area contributed by atoms with Gasteiger partial charge >= 0.3 is 0 Å². The average Bonchev–Trinajstić information content (AvgIpc) is 2.84. The van der Waals surface area contributed by atoms with E-state index in [1.807, 2.05) is 0 Å². The first-order chi connectivity index (χ1) is 9.84. The second-order valence-electron chi connectivity index (χ2n) is 4.39. The zero-order chi connectivity index (χ0) is 15.6. The lowest BCUT2D eigenvalue weighted by atomic mass is 10.2. The molecule has 0 saturated heterocycles. The van der Waals surface area contributed by atoms with E-state index in [1.54, 1.807) is 24.3 Å². The Balaban J connectivity index is 2.32. The predicted octanol–water partition coefficient (Wildman–Crippen LogP) is 3.48. The summed E-state index contributed by atoms with van der Waals surface area (Å²) in [6.07, 6.45) is 0. The molecule has 0 unspecified atom stereocenters. The first-order valence-corrected chi connectivity index (χ1v) is 9.37. The lowest BCUT2D eigenvalue weighted by molar-refractivity contribution is 0.281. The van der Waals surface area contributed by atoms with Crippen molar-refractivity contribution in [2.24, 2.45) is 0 Å². The summed E-state index contributed by atoms with van der Waals surface area (Å²) < 4.78 is 27.6. The third-order valence-corrected chi connectivity index (χ3v) is 6.89. The summed E-state index contributed by atoms with van der Waals surface area (Å²) in [7, 11) is -2.14. The zero-order valence-electron chi connectivity index (χ0n) is 11.1. The standard InChI is InChI=1S/C13H13BrClNO3S2/c1-16(7-10-3-5-13(15)20-10)21(18,19)12-6-9(8-17)2-4-11(12)14/h2-6,17H,7-8H2,1H3. The highest BCUT2D eigenvalue weighted by atomic mass is 79.9. The lowest BCUT2D eigenvalue weighted by Gasteiger charge is -2.18. The number of nitrogens with zero attached hydrogens (tertiary/aromatic N) is 1. The molecule has 1 N–H and O–H groups in total. The molecule has 0 atom stereocenters. The minimum Gasteiger partial charge on any atom is -0.392 e. The van der Waals surface area contributed by atoms with Gasteiger partial charge in [-0.2, -0.15) is 4.31 Å². The normalized spacial score (nSPS) is 12.0. The van der Waals surface area contributed by atoms with E-state index in [1.165, 1.54) is 28.8 Å². The molecule has 0 fully saturated rings. The maximum absolute atomic E-state index is 12.6. The summed E-state index contributed by atoms with van der Waals surface area (Å²) in [4.78, 5) is 1.000. The molecular formula is C13H13BrClNO3S2. The summed E-state index contributed by atoms with van der Waals surface area (Å²) in [5.74, 6) is 0. The minimum absolute atomic E-state index is 0.138. The molecule has 0 aliphatic rings. The first-order valence-electron chi connectivity index (χ1n) is 5.94. The molecule has 4 nitrogen and oxygen atoms in total. The van der Waals surface area contributed by atoms with Crippen molar-refractivity contribution in [3.63, 3.8) is 0 Å². The molecular weight excluding hydrogens is 398 g/mol. The van der Waals surface area contributed by atoms with Crippen molar-refractivity contribution in [3.8, 4) is 0 Å². The highest BCUT2D eigenvalue weighted by molar-refractivity contribution is 9.10. The topological polar surface area (TPSA) is 57.6 Å². The van der Waals surface area contributed by atoms with Gasteiger partial charge in [-0.25, -0.2) is 8.42 Å². The maximum Gasteiger partial charge on any atom is 0.244 e. The summed E-state index contributed by atoms with van der Waals surface area (Å²) in [5.41, 5.74) is 0.546. The van der Waals surface area contributed by atoms with Crippen molar-refractivity contribution < 1.29 is 13.5 Å². The predicted molar refractivity (Wildman–Crippen MR) is 88.0 cm³/mol. The van der Waals surface area contributed by atoms with Crippen LogP contribution >= 0.6 is 38.9 Å². The Morgan fingerprint density at radius 3 is 2.62 bits per heavy atom. The van der Waals surface area contributed by atoms with Gasteiger partial charge in [0.25, 0.3) is 0 Å². The Hall–Kier alpha value is -0.440. The Bertz CT molecular complexity index is 746. The van der Waals surface area contributed by atoms with E-state index in [9.17, 15) is 8.42 Å². The van der Waals surface area contributed by atoms with Crippen molar-refractivity contribution in [1.82, 2.24) is 4.31 Å². The van der Waals surface area contributed by atoms with Gasteiger partial charge < -0.3 is 5.11 Å². The number of hydrogen-bond donors (Lipinski definition) is 1. The van der Waals surface area contributed by atoms with Gasteiger partial charge in [0.05, 0.1) is 15.8 Å². The maximum atomic E-state index is 12.6. The molecule has 2 aromatic rings. The van der Waals surface area contributed by atoms with Gasteiger partial charge in [0.15, 0.2) is 0 Å². The molecule has 0 radical (unpaired) electrons. The monoisotopic (exact) mass is 409 g/mol. The van der Waals surface area contributed by atoms with Gasteiger partial charge in [-0.1, -0.05) is 17.7 Å². The van der Waals surface area contributed by atoms with Crippen LogP contribution in [0.4, 0.5) is 0 Å². The third-order valence-electron chi connectivity index (χ3n) is 2.87. The minimum atomic E-state index is -3.65. The summed E-state index contributed by atoms with van der Waals surface area (Å²) >= 11 is 10.4. The fourth-order valence-corrected chi connectivity index (χ4v) is 5.10. The van der Waals surface area contributed by atoms with Gasteiger partial charge in [0.1, 0.15) is 0 Å². The molecule has 0 spiro atoms. The number of sulfonamides is 1. The second-order valence-corrected chi connectivity index (χ2v) is 9.06. The first kappa shape index (κ1) is 16.9. The van der Waals surface area contributed by atoms with Crippen molar-refractivity contribution in [3.05, 3.63) is 49.6 Å². The van der Waals surface area contributed by atoms with Crippen LogP contribution in [-0.4, -0.2) is 24.9 Å². The molecule has 1 aromatic carbocycles. The molecule has 1 aromatic heterocycles. The van der Waals surface area contributed by atoms with Crippen LogP contribution in [-0.2, 0) is 23.2 Å². The number of benzene rings is 1. The number of rotatable bonds is 5. The van der Waals surface area contributed by atoms with E-state index in [2.05, 4.69) is 15.9 Å². The van der Waals surface area contributed by atoms with E-state index < -0.39 is 10.0 Å². The van der Waals surface area contributed by atoms with Crippen LogP contribution in [0.5, 0.6) is 0 Å². The van der Waals surface area contributed by atoms with Gasteiger partial charge in [0, 0.05) is 22.9 Å². The summed E-state index contributed by atoms with van der Waals surface area (Å²) in [5, 5.41) is 9.16. The van der Waals surface area contributed by atoms with Crippen molar-refractivity contribution >= 4 is 48.9 Å². The van der Waals surface area contributed by atoms with E-state index in [0.717, 1.165) is 4.88 Å². The zero-order valence-corrected chi connectivity index (χ0v) is 15.1. The number of halogens is 2. The fraction of sp³-hybridized carbons (Fsp3) is 0.231. The molecule has 0 aliphatic carbocycles. The highest BCUT2D eigenvalue weighted by Crippen LogP contribution is 2.28. The number of thiophene rings is 1. The molecule has 1 heterocycles. The smallest absolute Gasteiger partial charge is 0.244 e. The molecule has 2 rings (SSSR count).